The lowest BCUT2D eigenvalue weighted by molar-refractivity contribution is -0.259. The van der Waals surface area contributed by atoms with Crippen LogP contribution in [0.2, 0.25) is 0 Å². The van der Waals surface area contributed by atoms with Gasteiger partial charge in [-0.15, -0.1) is 0 Å². The minimum Gasteiger partial charge on any atom is -0.465 e. The fourth-order valence-corrected chi connectivity index (χ4v) is 8.08. The van der Waals surface area contributed by atoms with Crippen LogP contribution in [-0.4, -0.2) is 49.1 Å². The normalized spacial score (nSPS) is 15.7. The van der Waals surface area contributed by atoms with Crippen LogP contribution >= 0.6 is 0 Å². The molecule has 328 valence electrons. The van der Waals surface area contributed by atoms with Gasteiger partial charge in [0.2, 0.25) is 5.79 Å². The van der Waals surface area contributed by atoms with Crippen LogP contribution in [0.15, 0.2) is 5.11 Å². The lowest BCUT2D eigenvalue weighted by Crippen LogP contribution is -2.42. The van der Waals surface area contributed by atoms with Crippen molar-refractivity contribution in [3.63, 3.8) is 0 Å². The Balaban J connectivity index is 2.86. The van der Waals surface area contributed by atoms with E-state index in [0.29, 0.717) is 26.0 Å². The molecule has 0 aromatic rings. The molecule has 1 N–H and O–H groups in total. The van der Waals surface area contributed by atoms with Crippen LogP contribution in [0.4, 0.5) is 0 Å². The van der Waals surface area contributed by atoms with Gasteiger partial charge in [0.25, 0.3) is 0 Å². The van der Waals surface area contributed by atoms with Gasteiger partial charge < -0.3 is 19.5 Å². The second-order valence-electron chi connectivity index (χ2n) is 17.0. The van der Waals surface area contributed by atoms with Gasteiger partial charge in [-0.25, -0.2) is 0 Å². The molecule has 0 radical (unpaired) electrons. The Morgan fingerprint density at radius 1 is 0.643 bits per heavy atom. The lowest BCUT2D eigenvalue weighted by Gasteiger charge is -2.37. The maximum absolute atomic E-state index is 13.7. The summed E-state index contributed by atoms with van der Waals surface area (Å²) in [4.78, 5) is 28.9. The summed E-state index contributed by atoms with van der Waals surface area (Å²) < 4.78 is 19.4. The lowest BCUT2D eigenvalue weighted by atomic mass is 9.97. The molecule has 56 heavy (non-hydrogen) atoms. The Morgan fingerprint density at radius 3 is 1.59 bits per heavy atom. The number of hydrogen-bond acceptors (Lipinski definition) is 7. The Morgan fingerprint density at radius 2 is 1.09 bits per heavy atom. The van der Waals surface area contributed by atoms with Gasteiger partial charge in [-0.3, -0.25) is 9.59 Å². The highest BCUT2D eigenvalue weighted by Gasteiger charge is 2.37. The quantitative estimate of drug-likeness (QED) is 0.0164. The van der Waals surface area contributed by atoms with Crippen LogP contribution in [0.3, 0.4) is 0 Å². The number of rotatable bonds is 41. The highest BCUT2D eigenvalue weighted by Crippen LogP contribution is 2.34. The number of esters is 2. The minimum atomic E-state index is -0.819. The largest absolute Gasteiger partial charge is 0.465 e. The van der Waals surface area contributed by atoms with Gasteiger partial charge in [0.15, 0.2) is 0 Å². The van der Waals surface area contributed by atoms with Crippen LogP contribution in [0.25, 0.3) is 10.4 Å². The Kier molecular flexibility index (Phi) is 34.9. The zero-order valence-corrected chi connectivity index (χ0v) is 37.3. The molecule has 1 heterocycles. The van der Waals surface area contributed by atoms with Crippen molar-refractivity contribution < 1.29 is 23.8 Å². The summed E-state index contributed by atoms with van der Waals surface area (Å²) in [7, 11) is 0. The highest BCUT2D eigenvalue weighted by atomic mass is 16.7. The van der Waals surface area contributed by atoms with Gasteiger partial charge in [-0.05, 0) is 50.5 Å². The number of hydrogen-bond donors (Lipinski definition) is 1. The molecule has 0 amide bonds. The summed E-state index contributed by atoms with van der Waals surface area (Å²) in [6.45, 7) is 10.00. The molecule has 0 bridgehead atoms. The third-order valence-electron chi connectivity index (χ3n) is 11.6. The molecule has 0 saturated carbocycles. The maximum Gasteiger partial charge on any atom is 0.323 e. The average Bonchev–Trinajstić information content (AvgIpc) is 3.67. The molecule has 1 rings (SSSR count). The second kappa shape index (κ2) is 37.4. The summed E-state index contributed by atoms with van der Waals surface area (Å²) >= 11 is 0. The minimum absolute atomic E-state index is 0.100. The third-order valence-corrected chi connectivity index (χ3v) is 11.6. The van der Waals surface area contributed by atoms with Crippen molar-refractivity contribution in [3.05, 3.63) is 10.4 Å². The summed E-state index contributed by atoms with van der Waals surface area (Å²) in [5.41, 5.74) is 8.63. The number of ether oxygens (including phenoxy) is 3. The number of azide groups is 1. The van der Waals surface area contributed by atoms with Crippen molar-refractivity contribution in [1.82, 2.24) is 5.32 Å². The van der Waals surface area contributed by atoms with Crippen LogP contribution in [0.5, 0.6) is 0 Å². The van der Waals surface area contributed by atoms with E-state index in [1.165, 1.54) is 141 Å². The Labute approximate surface area is 345 Å². The molecule has 0 aromatic heterocycles. The third kappa shape index (κ3) is 28.6. The molecule has 2 atom stereocenters. The van der Waals surface area contributed by atoms with Gasteiger partial charge >= 0.3 is 11.9 Å². The number of nitrogens with zero attached hydrogens (tertiary/aromatic N) is 3. The first kappa shape index (κ1) is 52.2. The van der Waals surface area contributed by atoms with Gasteiger partial charge in [0.05, 0.1) is 18.8 Å². The van der Waals surface area contributed by atoms with Gasteiger partial charge in [0.1, 0.15) is 6.04 Å². The fraction of sp³-hybridized carbons (Fsp3) is 0.957. The summed E-state index contributed by atoms with van der Waals surface area (Å²) in [6, 6.07) is -0.584. The van der Waals surface area contributed by atoms with E-state index in [4.69, 9.17) is 19.7 Å². The standard InChI is InChI=1S/C47H90N4O5/c1-5-9-13-17-22-28-34-43(35-29-23-18-14-10-6-2)55-47(37-31-25-19-15-11-7-3,38-32-26-20-16-12-8-4)56-45(52)36-30-24-21-27-33-39-54-46(53)44-40-42(41-49-44)50-51-48/h42-44,49H,5-41H2,1-4H3/t42-,44+/m1/s1. The first-order valence-electron chi connectivity index (χ1n) is 24.3. The topological polar surface area (TPSA) is 123 Å². The van der Waals surface area contributed by atoms with E-state index in [1.54, 1.807) is 0 Å². The van der Waals surface area contributed by atoms with Crippen molar-refractivity contribution in [2.24, 2.45) is 5.11 Å². The van der Waals surface area contributed by atoms with Crippen molar-refractivity contribution in [3.8, 4) is 0 Å². The number of carbonyl (C=O) groups excluding carboxylic acids is 2. The molecular formula is C47H90N4O5. The molecule has 1 fully saturated rings. The molecule has 0 unspecified atom stereocenters. The van der Waals surface area contributed by atoms with Crippen molar-refractivity contribution in [1.29, 1.82) is 0 Å². The van der Waals surface area contributed by atoms with Crippen LogP contribution in [-0.2, 0) is 23.8 Å². The van der Waals surface area contributed by atoms with E-state index in [0.717, 1.165) is 70.6 Å². The Bertz CT molecular complexity index is 942. The molecule has 0 spiro atoms. The maximum atomic E-state index is 13.7. The van der Waals surface area contributed by atoms with E-state index >= 15 is 0 Å². The monoisotopic (exact) mass is 791 g/mol. The molecular weight excluding hydrogens is 701 g/mol. The number of carbonyl (C=O) groups is 2. The smallest absolute Gasteiger partial charge is 0.323 e. The molecule has 9 nitrogen and oxygen atoms in total. The van der Waals surface area contributed by atoms with Crippen molar-refractivity contribution in [2.45, 2.75) is 276 Å². The predicted molar refractivity (Wildman–Crippen MR) is 234 cm³/mol. The molecule has 9 heteroatoms. The summed E-state index contributed by atoms with van der Waals surface area (Å²) in [5, 5.41) is 6.78. The molecule has 1 aliphatic heterocycles. The molecule has 0 aliphatic carbocycles. The van der Waals surface area contributed by atoms with Crippen LogP contribution < -0.4 is 5.32 Å². The van der Waals surface area contributed by atoms with Crippen molar-refractivity contribution in [2.75, 3.05) is 13.2 Å². The second-order valence-corrected chi connectivity index (χ2v) is 17.0. The molecule has 0 aromatic carbocycles. The first-order valence-corrected chi connectivity index (χ1v) is 24.3. The molecule has 1 saturated heterocycles. The average molecular weight is 791 g/mol. The van der Waals surface area contributed by atoms with E-state index < -0.39 is 11.8 Å². The van der Waals surface area contributed by atoms with E-state index in [1.807, 2.05) is 0 Å². The SMILES string of the molecule is CCCCCCCCC(CCCCCCCC)OC(CCCCCCCC)(CCCCCCCC)OC(=O)CCCCCCCOC(=O)[C@@H]1C[C@@H](N=[N+]=[N-])CN1. The summed E-state index contributed by atoms with van der Waals surface area (Å²) in [5.74, 6) is -1.19. The van der Waals surface area contributed by atoms with Gasteiger partial charge in [-0.2, -0.15) is 0 Å². The zero-order chi connectivity index (χ0) is 40.8. The zero-order valence-electron chi connectivity index (χ0n) is 37.3. The van der Waals surface area contributed by atoms with Gasteiger partial charge in [-0.1, -0.05) is 193 Å². The van der Waals surface area contributed by atoms with E-state index in [9.17, 15) is 9.59 Å². The van der Waals surface area contributed by atoms with Crippen LogP contribution in [0, 0.1) is 0 Å². The number of unbranched alkanes of at least 4 members (excludes halogenated alkanes) is 24. The Hall–Kier alpha value is -1.83. The summed E-state index contributed by atoms with van der Waals surface area (Å²) in [6.07, 6.45) is 39.2. The highest BCUT2D eigenvalue weighted by molar-refractivity contribution is 5.76. The van der Waals surface area contributed by atoms with Crippen LogP contribution in [0.1, 0.15) is 252 Å². The first-order chi connectivity index (χ1) is 27.4. The predicted octanol–water partition coefficient (Wildman–Crippen LogP) is 14.5. The molecule has 1 aliphatic rings. The fourth-order valence-electron chi connectivity index (χ4n) is 8.08. The van der Waals surface area contributed by atoms with Crippen molar-refractivity contribution >= 4 is 11.9 Å². The van der Waals surface area contributed by atoms with E-state index in [2.05, 4.69) is 43.0 Å². The van der Waals surface area contributed by atoms with E-state index in [-0.39, 0.29) is 24.1 Å². The number of nitrogens with one attached hydrogen (secondary N) is 1. The van der Waals surface area contributed by atoms with Gasteiger partial charge in [0, 0.05) is 30.7 Å².